The zero-order chi connectivity index (χ0) is 28.6. The monoisotopic (exact) mass is 557 g/mol. The molecule has 8 heteroatoms. The Hall–Kier alpha value is -3.91. The zero-order valence-electron chi connectivity index (χ0n) is 23.6. The van der Waals surface area contributed by atoms with Crippen molar-refractivity contribution in [3.63, 3.8) is 0 Å². The Kier molecular flexibility index (Phi) is 7.55. The van der Waals surface area contributed by atoms with E-state index in [1.54, 1.807) is 35.8 Å². The summed E-state index contributed by atoms with van der Waals surface area (Å²) in [5.41, 5.74) is 5.83. The Balaban J connectivity index is 1.49. The summed E-state index contributed by atoms with van der Waals surface area (Å²) in [6.07, 6.45) is 6.28. The third-order valence-electron chi connectivity index (χ3n) is 7.84. The highest BCUT2D eigenvalue weighted by atomic mass is 32.1. The van der Waals surface area contributed by atoms with Crippen molar-refractivity contribution in [1.82, 2.24) is 9.88 Å². The van der Waals surface area contributed by atoms with Gasteiger partial charge in [-0.15, -0.1) is 11.3 Å². The lowest BCUT2D eigenvalue weighted by atomic mass is 9.72. The number of amides is 1. The first-order valence-electron chi connectivity index (χ1n) is 13.5. The fourth-order valence-corrected chi connectivity index (χ4v) is 6.80. The first-order chi connectivity index (χ1) is 19.0. The highest BCUT2D eigenvalue weighted by Gasteiger charge is 2.33. The van der Waals surface area contributed by atoms with Crippen LogP contribution in [0.4, 0.5) is 5.00 Å². The van der Waals surface area contributed by atoms with Gasteiger partial charge in [0.2, 0.25) is 0 Å². The van der Waals surface area contributed by atoms with E-state index in [0.717, 1.165) is 47.5 Å². The lowest BCUT2D eigenvalue weighted by molar-refractivity contribution is 0.0696. The Labute approximate surface area is 238 Å². The van der Waals surface area contributed by atoms with Gasteiger partial charge >= 0.3 is 5.97 Å². The second kappa shape index (κ2) is 10.9. The van der Waals surface area contributed by atoms with Crippen LogP contribution in [0.1, 0.15) is 81.1 Å². The number of hydrogen-bond donors (Lipinski definition) is 2. The second-order valence-electron chi connectivity index (χ2n) is 11.5. The number of aromatic carboxylic acids is 1. The summed E-state index contributed by atoms with van der Waals surface area (Å²) in [4.78, 5) is 31.2. The van der Waals surface area contributed by atoms with Gasteiger partial charge in [0.25, 0.3) is 5.91 Å². The first kappa shape index (κ1) is 27.6. The zero-order valence-corrected chi connectivity index (χ0v) is 24.4. The standard InChI is InChI=1S/C32H35N3O4S/c1-19-14-22(20(2)35(19)24-9-6-8-21(15-24)31(37)38)17-34-30-28(29(36)33-18-25-10-7-13-39-25)26-12-11-23(32(3,4)5)16-27(26)40-30/h6-10,13-15,17,23H,11-12,16,18H2,1-5H3,(H,33,36)(H,37,38)/t23-/m1/s1. The molecule has 7 nitrogen and oxygen atoms in total. The molecule has 0 unspecified atom stereocenters. The van der Waals surface area contributed by atoms with Gasteiger partial charge in [0, 0.05) is 33.7 Å². The van der Waals surface area contributed by atoms with E-state index in [4.69, 9.17) is 9.41 Å². The number of nitrogens with one attached hydrogen (secondary N) is 1. The summed E-state index contributed by atoms with van der Waals surface area (Å²) in [5.74, 6) is 0.162. The lowest BCUT2D eigenvalue weighted by Crippen LogP contribution is -2.28. The van der Waals surface area contributed by atoms with Gasteiger partial charge in [-0.2, -0.15) is 0 Å². The average Bonchev–Trinajstić information content (AvgIpc) is 3.62. The number of carboxylic acids is 1. The number of nitrogens with zero attached hydrogens (tertiary/aromatic N) is 2. The van der Waals surface area contributed by atoms with Crippen molar-refractivity contribution in [3.05, 3.63) is 93.0 Å². The molecule has 0 saturated heterocycles. The van der Waals surface area contributed by atoms with Crippen LogP contribution in [0, 0.1) is 25.2 Å². The number of hydrogen-bond acceptors (Lipinski definition) is 5. The van der Waals surface area contributed by atoms with E-state index in [-0.39, 0.29) is 16.9 Å². The molecule has 3 aromatic heterocycles. The molecule has 4 aromatic rings. The van der Waals surface area contributed by atoms with Gasteiger partial charge in [-0.05, 0) is 86.4 Å². The molecule has 0 spiro atoms. The normalized spacial score (nSPS) is 15.4. The molecule has 0 bridgehead atoms. The molecule has 0 fully saturated rings. The number of thiophene rings is 1. The summed E-state index contributed by atoms with van der Waals surface area (Å²) in [5, 5.41) is 13.2. The number of aryl methyl sites for hydroxylation is 1. The van der Waals surface area contributed by atoms with Crippen LogP contribution in [0.5, 0.6) is 0 Å². The molecule has 0 aliphatic heterocycles. The Bertz CT molecular complexity index is 1580. The van der Waals surface area contributed by atoms with Gasteiger partial charge in [-0.25, -0.2) is 9.79 Å². The number of aromatic nitrogens is 1. The van der Waals surface area contributed by atoms with Crippen LogP contribution in [0.2, 0.25) is 0 Å². The minimum atomic E-state index is -0.959. The highest BCUT2D eigenvalue weighted by molar-refractivity contribution is 7.16. The fraction of sp³-hybridized carbons (Fsp3) is 0.344. The van der Waals surface area contributed by atoms with Gasteiger partial charge in [-0.1, -0.05) is 26.8 Å². The molecule has 5 rings (SSSR count). The summed E-state index contributed by atoms with van der Waals surface area (Å²) in [6.45, 7) is 11.2. The number of carbonyl (C=O) groups is 2. The predicted octanol–water partition coefficient (Wildman–Crippen LogP) is 7.28. The van der Waals surface area contributed by atoms with E-state index in [9.17, 15) is 14.7 Å². The topological polar surface area (TPSA) is 96.8 Å². The van der Waals surface area contributed by atoms with E-state index in [1.165, 1.54) is 4.88 Å². The van der Waals surface area contributed by atoms with Crippen molar-refractivity contribution in [2.75, 3.05) is 0 Å². The van der Waals surface area contributed by atoms with Gasteiger partial charge in [0.05, 0.1) is 23.9 Å². The fourth-order valence-electron chi connectivity index (χ4n) is 5.53. The van der Waals surface area contributed by atoms with Crippen LogP contribution in [0.25, 0.3) is 5.69 Å². The lowest BCUT2D eigenvalue weighted by Gasteiger charge is -2.33. The highest BCUT2D eigenvalue weighted by Crippen LogP contribution is 2.45. The van der Waals surface area contributed by atoms with E-state index in [1.807, 2.05) is 48.9 Å². The second-order valence-corrected chi connectivity index (χ2v) is 12.6. The number of benzene rings is 1. The van der Waals surface area contributed by atoms with Crippen molar-refractivity contribution >= 4 is 34.4 Å². The minimum Gasteiger partial charge on any atom is -0.478 e. The maximum absolute atomic E-state index is 13.5. The summed E-state index contributed by atoms with van der Waals surface area (Å²) >= 11 is 1.62. The number of rotatable bonds is 7. The molecule has 40 heavy (non-hydrogen) atoms. The molecule has 208 valence electrons. The van der Waals surface area contributed by atoms with Crippen molar-refractivity contribution in [2.45, 2.75) is 60.4 Å². The molecule has 1 aliphatic rings. The SMILES string of the molecule is Cc1cc(C=Nc2sc3c(c2C(=O)NCc2ccco2)CC[C@@H](C(C)(C)C)C3)c(C)n1-c1cccc(C(=O)O)c1. The van der Waals surface area contributed by atoms with Crippen LogP contribution in [0.3, 0.4) is 0 Å². The van der Waals surface area contributed by atoms with Crippen molar-refractivity contribution in [3.8, 4) is 5.69 Å². The van der Waals surface area contributed by atoms with E-state index >= 15 is 0 Å². The summed E-state index contributed by atoms with van der Waals surface area (Å²) in [6, 6.07) is 12.6. The average molecular weight is 558 g/mol. The molecular formula is C32H35N3O4S. The van der Waals surface area contributed by atoms with Crippen molar-refractivity contribution in [1.29, 1.82) is 0 Å². The maximum Gasteiger partial charge on any atom is 0.335 e. The number of carboxylic acid groups (broad SMARTS) is 1. The first-order valence-corrected chi connectivity index (χ1v) is 14.4. The van der Waals surface area contributed by atoms with Crippen LogP contribution < -0.4 is 5.32 Å². The molecule has 1 atom stereocenters. The number of fused-ring (bicyclic) bond motifs is 1. The van der Waals surface area contributed by atoms with E-state index in [2.05, 4.69) is 26.1 Å². The Morgan fingerprint density at radius 2 is 2.00 bits per heavy atom. The summed E-state index contributed by atoms with van der Waals surface area (Å²) in [7, 11) is 0. The Morgan fingerprint density at radius 1 is 1.20 bits per heavy atom. The molecule has 2 N–H and O–H groups in total. The quantitative estimate of drug-likeness (QED) is 0.233. The van der Waals surface area contributed by atoms with Gasteiger partial charge < -0.3 is 19.4 Å². The van der Waals surface area contributed by atoms with Crippen LogP contribution in [-0.4, -0.2) is 27.8 Å². The smallest absolute Gasteiger partial charge is 0.335 e. The largest absolute Gasteiger partial charge is 0.478 e. The predicted molar refractivity (Wildman–Crippen MR) is 159 cm³/mol. The number of furan rings is 1. The molecule has 1 aliphatic carbocycles. The number of carbonyl (C=O) groups excluding carboxylic acids is 1. The molecule has 1 aromatic carbocycles. The molecule has 3 heterocycles. The van der Waals surface area contributed by atoms with E-state index < -0.39 is 5.97 Å². The van der Waals surface area contributed by atoms with Gasteiger partial charge in [-0.3, -0.25) is 4.79 Å². The maximum atomic E-state index is 13.5. The third kappa shape index (κ3) is 5.54. The molecule has 0 radical (unpaired) electrons. The minimum absolute atomic E-state index is 0.133. The van der Waals surface area contributed by atoms with Crippen molar-refractivity contribution < 1.29 is 19.1 Å². The molecule has 0 saturated carbocycles. The van der Waals surface area contributed by atoms with Gasteiger partial charge in [0.1, 0.15) is 10.8 Å². The van der Waals surface area contributed by atoms with Crippen LogP contribution >= 0.6 is 11.3 Å². The van der Waals surface area contributed by atoms with Crippen LogP contribution in [-0.2, 0) is 19.4 Å². The third-order valence-corrected chi connectivity index (χ3v) is 9.01. The van der Waals surface area contributed by atoms with E-state index in [0.29, 0.717) is 28.8 Å². The Morgan fingerprint density at radius 3 is 2.70 bits per heavy atom. The van der Waals surface area contributed by atoms with Crippen molar-refractivity contribution in [2.24, 2.45) is 16.3 Å². The summed E-state index contributed by atoms with van der Waals surface area (Å²) < 4.78 is 7.43. The molecular weight excluding hydrogens is 522 g/mol. The molecule has 1 amide bonds. The van der Waals surface area contributed by atoms with Crippen LogP contribution in [0.15, 0.2) is 58.1 Å². The van der Waals surface area contributed by atoms with Gasteiger partial charge in [0.15, 0.2) is 0 Å². The number of aliphatic imine (C=N–C) groups is 1.